The fourth-order valence-corrected chi connectivity index (χ4v) is 2.00. The van der Waals surface area contributed by atoms with Gasteiger partial charge in [0.15, 0.2) is 5.82 Å². The molecule has 3 nitrogen and oxygen atoms in total. The van der Waals surface area contributed by atoms with E-state index in [-0.39, 0.29) is 5.52 Å². The molecule has 0 amide bonds. The summed E-state index contributed by atoms with van der Waals surface area (Å²) in [5, 5.41) is 4.08. The molecule has 0 aliphatic heterocycles. The Bertz CT molecular complexity index is 631. The Morgan fingerprint density at radius 3 is 3.00 bits per heavy atom. The second-order valence-electron chi connectivity index (χ2n) is 4.55. The minimum Gasteiger partial charge on any atom is -0.380 e. The first kappa shape index (κ1) is 14.8. The largest absolute Gasteiger partial charge is 0.380 e. The highest BCUT2D eigenvalue weighted by Gasteiger charge is 2.09. The van der Waals surface area contributed by atoms with Crippen LogP contribution in [0.15, 0.2) is 36.5 Å². The van der Waals surface area contributed by atoms with Crippen molar-refractivity contribution in [3.8, 4) is 0 Å². The zero-order valence-corrected chi connectivity index (χ0v) is 12.0. The fourth-order valence-electron chi connectivity index (χ4n) is 1.79. The second kappa shape index (κ2) is 6.68. The predicted molar refractivity (Wildman–Crippen MR) is 80.8 cm³/mol. The van der Waals surface area contributed by atoms with Gasteiger partial charge in [-0.2, -0.15) is 0 Å². The molecule has 106 valence electrons. The third kappa shape index (κ3) is 3.46. The number of aromatic nitrogens is 1. The van der Waals surface area contributed by atoms with Crippen LogP contribution in [-0.2, 0) is 4.74 Å². The molecule has 5 heteroatoms. The van der Waals surface area contributed by atoms with Crippen LogP contribution in [0.1, 0.15) is 6.92 Å². The van der Waals surface area contributed by atoms with Gasteiger partial charge in [0.2, 0.25) is 0 Å². The molecule has 20 heavy (non-hydrogen) atoms. The lowest BCUT2D eigenvalue weighted by Gasteiger charge is -2.10. The van der Waals surface area contributed by atoms with Gasteiger partial charge in [-0.3, -0.25) is 4.98 Å². The van der Waals surface area contributed by atoms with Crippen LogP contribution in [0.3, 0.4) is 0 Å². The lowest BCUT2D eigenvalue weighted by molar-refractivity contribution is 0.167. The van der Waals surface area contributed by atoms with E-state index in [0.717, 1.165) is 5.57 Å². The molecule has 0 atom stereocenters. The molecule has 1 aromatic carbocycles. The van der Waals surface area contributed by atoms with Gasteiger partial charge in [0.1, 0.15) is 5.52 Å². The monoisotopic (exact) mass is 294 g/mol. The van der Waals surface area contributed by atoms with Gasteiger partial charge >= 0.3 is 0 Å². The quantitative estimate of drug-likeness (QED) is 0.645. The number of rotatable bonds is 6. The molecule has 1 aromatic heterocycles. The third-order valence-corrected chi connectivity index (χ3v) is 3.04. The highest BCUT2D eigenvalue weighted by Crippen LogP contribution is 2.27. The van der Waals surface area contributed by atoms with Crippen molar-refractivity contribution in [2.45, 2.75) is 6.92 Å². The van der Waals surface area contributed by atoms with Crippen LogP contribution in [0.5, 0.6) is 0 Å². The Morgan fingerprint density at radius 1 is 1.45 bits per heavy atom. The summed E-state index contributed by atoms with van der Waals surface area (Å²) < 4.78 is 19.6. The van der Waals surface area contributed by atoms with Crippen LogP contribution in [0.4, 0.5) is 10.1 Å². The van der Waals surface area contributed by atoms with Crippen LogP contribution < -0.4 is 5.32 Å². The first-order valence-corrected chi connectivity index (χ1v) is 6.66. The lowest BCUT2D eigenvalue weighted by atomic mass is 10.2. The van der Waals surface area contributed by atoms with Crippen molar-refractivity contribution >= 4 is 28.2 Å². The van der Waals surface area contributed by atoms with Gasteiger partial charge < -0.3 is 10.1 Å². The number of halogens is 2. The van der Waals surface area contributed by atoms with E-state index in [0.29, 0.717) is 35.9 Å². The van der Waals surface area contributed by atoms with Crippen LogP contribution in [-0.4, -0.2) is 24.7 Å². The zero-order valence-electron chi connectivity index (χ0n) is 11.2. The number of fused-ring (bicyclic) bond motifs is 1. The molecule has 2 rings (SSSR count). The Balaban J connectivity index is 2.04. The maximum atomic E-state index is 14.2. The van der Waals surface area contributed by atoms with Gasteiger partial charge in [-0.25, -0.2) is 4.39 Å². The highest BCUT2D eigenvalue weighted by atomic mass is 35.5. The van der Waals surface area contributed by atoms with E-state index in [1.165, 1.54) is 6.20 Å². The molecular formula is C15H16ClFN2O. The first-order valence-electron chi connectivity index (χ1n) is 6.28. The van der Waals surface area contributed by atoms with E-state index in [4.69, 9.17) is 16.3 Å². The van der Waals surface area contributed by atoms with Crippen LogP contribution in [0.25, 0.3) is 10.9 Å². The molecule has 2 aromatic rings. The molecule has 0 fully saturated rings. The van der Waals surface area contributed by atoms with E-state index in [2.05, 4.69) is 16.9 Å². The van der Waals surface area contributed by atoms with Gasteiger partial charge in [-0.1, -0.05) is 23.8 Å². The molecule has 0 saturated heterocycles. The van der Waals surface area contributed by atoms with Crippen LogP contribution in [0, 0.1) is 5.82 Å². The van der Waals surface area contributed by atoms with Gasteiger partial charge in [0, 0.05) is 18.1 Å². The van der Waals surface area contributed by atoms with Crippen molar-refractivity contribution in [2.75, 3.05) is 25.1 Å². The van der Waals surface area contributed by atoms with Gasteiger partial charge in [-0.05, 0) is 25.1 Å². The minimum absolute atomic E-state index is 0.269. The molecule has 0 aliphatic carbocycles. The summed E-state index contributed by atoms with van der Waals surface area (Å²) in [7, 11) is 0. The predicted octanol–water partition coefficient (Wildman–Crippen LogP) is 4.03. The second-order valence-corrected chi connectivity index (χ2v) is 4.96. The number of hydrogen-bond donors (Lipinski definition) is 1. The van der Waals surface area contributed by atoms with E-state index >= 15 is 0 Å². The van der Waals surface area contributed by atoms with Crippen LogP contribution in [0.2, 0.25) is 5.02 Å². The smallest absolute Gasteiger partial charge is 0.172 e. The average molecular weight is 295 g/mol. The fraction of sp³-hybridized carbons (Fsp3) is 0.267. The molecule has 0 unspecified atom stereocenters. The van der Waals surface area contributed by atoms with E-state index in [9.17, 15) is 4.39 Å². The Hall–Kier alpha value is -1.65. The molecule has 0 saturated carbocycles. The van der Waals surface area contributed by atoms with E-state index < -0.39 is 5.82 Å². The van der Waals surface area contributed by atoms with Crippen LogP contribution >= 0.6 is 11.6 Å². The lowest BCUT2D eigenvalue weighted by Crippen LogP contribution is -2.11. The molecular weight excluding hydrogens is 279 g/mol. The first-order chi connectivity index (χ1) is 9.59. The number of nitrogens with zero attached hydrogens (tertiary/aromatic N) is 1. The summed E-state index contributed by atoms with van der Waals surface area (Å²) >= 11 is 6.00. The summed E-state index contributed by atoms with van der Waals surface area (Å²) in [5.74, 6) is -0.398. The van der Waals surface area contributed by atoms with E-state index in [1.807, 2.05) is 6.92 Å². The molecule has 0 radical (unpaired) electrons. The standard InChI is InChI=1S/C15H16ClFN2O/c1-10(2)9-20-8-7-18-13-4-3-11-12(16)5-6-19-15(11)14(13)17/h3-6,18H,1,7-9H2,2H3. The zero-order chi connectivity index (χ0) is 14.5. The topological polar surface area (TPSA) is 34.1 Å². The molecule has 0 bridgehead atoms. The van der Waals surface area contributed by atoms with Crippen molar-refractivity contribution in [1.29, 1.82) is 0 Å². The third-order valence-electron chi connectivity index (χ3n) is 2.71. The van der Waals surface area contributed by atoms with Crippen molar-refractivity contribution in [3.05, 3.63) is 47.4 Å². The summed E-state index contributed by atoms with van der Waals surface area (Å²) in [4.78, 5) is 4.03. The van der Waals surface area contributed by atoms with E-state index in [1.54, 1.807) is 18.2 Å². The van der Waals surface area contributed by atoms with Gasteiger partial charge in [-0.15, -0.1) is 0 Å². The Labute approximate surface area is 122 Å². The highest BCUT2D eigenvalue weighted by molar-refractivity contribution is 6.35. The Kier molecular flexibility index (Phi) is 4.93. The maximum absolute atomic E-state index is 14.2. The number of pyridine rings is 1. The number of hydrogen-bond acceptors (Lipinski definition) is 3. The molecule has 0 aliphatic rings. The summed E-state index contributed by atoms with van der Waals surface area (Å²) in [6.45, 7) is 7.14. The normalized spacial score (nSPS) is 10.8. The average Bonchev–Trinajstić information content (AvgIpc) is 2.41. The molecule has 0 spiro atoms. The van der Waals surface area contributed by atoms with Crippen molar-refractivity contribution < 1.29 is 9.13 Å². The summed E-state index contributed by atoms with van der Waals surface area (Å²) in [6, 6.07) is 5.05. The summed E-state index contributed by atoms with van der Waals surface area (Å²) in [5.41, 5.74) is 1.62. The number of benzene rings is 1. The SMILES string of the molecule is C=C(C)COCCNc1ccc2c(Cl)ccnc2c1F. The minimum atomic E-state index is -0.398. The van der Waals surface area contributed by atoms with Gasteiger partial charge in [0.25, 0.3) is 0 Å². The molecule has 1 N–H and O–H groups in total. The maximum Gasteiger partial charge on any atom is 0.172 e. The summed E-state index contributed by atoms with van der Waals surface area (Å²) in [6.07, 6.45) is 1.49. The molecule has 1 heterocycles. The number of ether oxygens (including phenoxy) is 1. The van der Waals surface area contributed by atoms with Gasteiger partial charge in [0.05, 0.1) is 23.9 Å². The Morgan fingerprint density at radius 2 is 2.25 bits per heavy atom. The van der Waals surface area contributed by atoms with Crippen molar-refractivity contribution in [1.82, 2.24) is 4.98 Å². The number of anilines is 1. The number of nitrogens with one attached hydrogen (secondary N) is 1. The van der Waals surface area contributed by atoms with Crippen molar-refractivity contribution in [3.63, 3.8) is 0 Å². The van der Waals surface area contributed by atoms with Crippen molar-refractivity contribution in [2.24, 2.45) is 0 Å².